The maximum atomic E-state index is 11.8. The Hall–Kier alpha value is -0.810. The molecule has 2 N–H and O–H groups in total. The topological polar surface area (TPSA) is 52.8 Å². The third kappa shape index (κ3) is 3.68. The number of nitrogens with zero attached hydrogens (tertiary/aromatic N) is 3. The minimum atomic E-state index is 0.152. The monoisotopic (exact) mass is 214 g/mol. The Morgan fingerprint density at radius 3 is 2.40 bits per heavy atom. The van der Waals surface area contributed by atoms with E-state index in [4.69, 9.17) is 5.73 Å². The quantitative estimate of drug-likeness (QED) is 0.656. The van der Waals surface area contributed by atoms with Crippen LogP contribution in [0.3, 0.4) is 0 Å². The Bertz CT molecular complexity index is 208. The van der Waals surface area contributed by atoms with Crippen LogP contribution in [0.25, 0.3) is 0 Å². The molecule has 0 aliphatic carbocycles. The van der Waals surface area contributed by atoms with Crippen molar-refractivity contribution in [2.45, 2.75) is 6.42 Å². The van der Waals surface area contributed by atoms with Crippen molar-refractivity contribution < 1.29 is 4.79 Å². The molecule has 0 spiro atoms. The average molecular weight is 214 g/mol. The van der Waals surface area contributed by atoms with E-state index in [1.165, 1.54) is 0 Å². The molecular weight excluding hydrogens is 192 g/mol. The molecule has 88 valence electrons. The zero-order valence-corrected chi connectivity index (χ0v) is 9.78. The predicted molar refractivity (Wildman–Crippen MR) is 60.8 cm³/mol. The molecule has 0 aromatic rings. The molecule has 1 aliphatic rings. The van der Waals surface area contributed by atoms with E-state index in [0.717, 1.165) is 32.6 Å². The van der Waals surface area contributed by atoms with Gasteiger partial charge in [-0.15, -0.1) is 0 Å². The van der Waals surface area contributed by atoms with Crippen molar-refractivity contribution in [2.75, 3.05) is 53.4 Å². The minimum Gasteiger partial charge on any atom is -0.329 e. The molecule has 1 rings (SSSR count). The summed E-state index contributed by atoms with van der Waals surface area (Å²) in [6.45, 7) is 4.81. The van der Waals surface area contributed by atoms with Gasteiger partial charge in [-0.3, -0.25) is 0 Å². The predicted octanol–water partition coefficient (Wildman–Crippen LogP) is -0.366. The molecule has 0 atom stereocenters. The summed E-state index contributed by atoms with van der Waals surface area (Å²) in [7, 11) is 4.10. The highest BCUT2D eigenvalue weighted by Gasteiger charge is 2.26. The smallest absolute Gasteiger partial charge is 0.320 e. The van der Waals surface area contributed by atoms with Gasteiger partial charge in [0.15, 0.2) is 0 Å². The summed E-state index contributed by atoms with van der Waals surface area (Å²) in [5.41, 5.74) is 5.44. The molecule has 1 saturated heterocycles. The number of carbonyl (C=O) groups is 1. The van der Waals surface area contributed by atoms with Crippen LogP contribution < -0.4 is 5.73 Å². The second-order valence-corrected chi connectivity index (χ2v) is 4.20. The van der Waals surface area contributed by atoms with Crippen LogP contribution in [0.2, 0.25) is 0 Å². The Balaban J connectivity index is 2.24. The number of nitrogens with two attached hydrogens (primary N) is 1. The summed E-state index contributed by atoms with van der Waals surface area (Å²) in [5.74, 6) is 0. The van der Waals surface area contributed by atoms with Crippen LogP contribution in [-0.4, -0.2) is 74.1 Å². The van der Waals surface area contributed by atoms with Gasteiger partial charge in [-0.2, -0.15) is 0 Å². The van der Waals surface area contributed by atoms with Crippen molar-refractivity contribution in [3.05, 3.63) is 0 Å². The van der Waals surface area contributed by atoms with E-state index in [0.29, 0.717) is 13.1 Å². The van der Waals surface area contributed by atoms with Crippen LogP contribution in [0, 0.1) is 0 Å². The second-order valence-electron chi connectivity index (χ2n) is 4.20. The van der Waals surface area contributed by atoms with E-state index in [9.17, 15) is 4.79 Å². The Morgan fingerprint density at radius 1 is 1.27 bits per heavy atom. The molecule has 15 heavy (non-hydrogen) atoms. The number of carbonyl (C=O) groups excluding carboxylic acids is 1. The maximum Gasteiger partial charge on any atom is 0.320 e. The fraction of sp³-hybridized carbons (Fsp3) is 0.900. The number of hydrogen-bond acceptors (Lipinski definition) is 3. The van der Waals surface area contributed by atoms with E-state index in [2.05, 4.69) is 4.90 Å². The first-order chi connectivity index (χ1) is 7.15. The van der Waals surface area contributed by atoms with E-state index in [1.54, 1.807) is 0 Å². The van der Waals surface area contributed by atoms with Gasteiger partial charge in [-0.1, -0.05) is 0 Å². The lowest BCUT2D eigenvalue weighted by Crippen LogP contribution is -2.35. The van der Waals surface area contributed by atoms with Crippen LogP contribution in [0.15, 0.2) is 0 Å². The van der Waals surface area contributed by atoms with Gasteiger partial charge in [0, 0.05) is 32.7 Å². The zero-order chi connectivity index (χ0) is 11.3. The van der Waals surface area contributed by atoms with Crippen LogP contribution in [0.4, 0.5) is 4.79 Å². The van der Waals surface area contributed by atoms with E-state index in [1.807, 2.05) is 23.9 Å². The maximum absolute atomic E-state index is 11.8. The molecule has 0 bridgehead atoms. The fourth-order valence-corrected chi connectivity index (χ4v) is 1.78. The van der Waals surface area contributed by atoms with Crippen LogP contribution in [-0.2, 0) is 0 Å². The van der Waals surface area contributed by atoms with Crippen LogP contribution in [0.5, 0.6) is 0 Å². The number of hydrogen-bond donors (Lipinski definition) is 1. The van der Waals surface area contributed by atoms with Gasteiger partial charge >= 0.3 is 6.03 Å². The standard InChI is InChI=1S/C10H22N4O/c1-12(2)5-3-6-13-8-9-14(7-4-11)10(13)15/h3-9,11H2,1-2H3. The normalized spacial score (nSPS) is 16.9. The van der Waals surface area contributed by atoms with Crippen LogP contribution in [0.1, 0.15) is 6.42 Å². The molecule has 1 aliphatic heterocycles. The lowest BCUT2D eigenvalue weighted by Gasteiger charge is -2.18. The highest BCUT2D eigenvalue weighted by atomic mass is 16.2. The summed E-state index contributed by atoms with van der Waals surface area (Å²) in [6, 6.07) is 0.152. The average Bonchev–Trinajstić information content (AvgIpc) is 2.50. The van der Waals surface area contributed by atoms with E-state index in [-0.39, 0.29) is 6.03 Å². The van der Waals surface area contributed by atoms with Crippen molar-refractivity contribution >= 4 is 6.03 Å². The third-order valence-corrected chi connectivity index (χ3v) is 2.61. The minimum absolute atomic E-state index is 0.152. The first-order valence-corrected chi connectivity index (χ1v) is 5.54. The first kappa shape index (κ1) is 12.3. The van der Waals surface area contributed by atoms with Gasteiger partial charge in [0.1, 0.15) is 0 Å². The van der Waals surface area contributed by atoms with Gasteiger partial charge in [0.2, 0.25) is 0 Å². The summed E-state index contributed by atoms with van der Waals surface area (Å²) in [6.07, 6.45) is 1.04. The highest BCUT2D eigenvalue weighted by Crippen LogP contribution is 2.08. The fourth-order valence-electron chi connectivity index (χ4n) is 1.78. The largest absolute Gasteiger partial charge is 0.329 e. The Kier molecular flexibility index (Phi) is 4.84. The number of urea groups is 1. The van der Waals surface area contributed by atoms with Crippen LogP contribution >= 0.6 is 0 Å². The highest BCUT2D eigenvalue weighted by molar-refractivity contribution is 5.76. The molecule has 0 aromatic heterocycles. The summed E-state index contributed by atoms with van der Waals surface area (Å²) in [4.78, 5) is 17.6. The van der Waals surface area contributed by atoms with E-state index >= 15 is 0 Å². The Labute approximate surface area is 91.8 Å². The molecule has 2 amide bonds. The van der Waals surface area contributed by atoms with Crippen molar-refractivity contribution in [1.82, 2.24) is 14.7 Å². The molecule has 5 nitrogen and oxygen atoms in total. The SMILES string of the molecule is CN(C)CCCN1CCN(CCN)C1=O. The van der Waals surface area contributed by atoms with Gasteiger partial charge in [-0.05, 0) is 27.1 Å². The molecular formula is C10H22N4O. The zero-order valence-electron chi connectivity index (χ0n) is 9.78. The van der Waals surface area contributed by atoms with Gasteiger partial charge in [-0.25, -0.2) is 4.79 Å². The molecule has 5 heteroatoms. The van der Waals surface area contributed by atoms with Crippen molar-refractivity contribution in [1.29, 1.82) is 0 Å². The first-order valence-electron chi connectivity index (χ1n) is 5.54. The van der Waals surface area contributed by atoms with Crippen molar-refractivity contribution in [2.24, 2.45) is 5.73 Å². The number of rotatable bonds is 6. The molecule has 0 unspecified atom stereocenters. The Morgan fingerprint density at radius 2 is 1.87 bits per heavy atom. The summed E-state index contributed by atoms with van der Waals surface area (Å²) in [5, 5.41) is 0. The molecule has 1 heterocycles. The lowest BCUT2D eigenvalue weighted by molar-refractivity contribution is 0.191. The third-order valence-electron chi connectivity index (χ3n) is 2.61. The summed E-state index contributed by atoms with van der Waals surface area (Å²) >= 11 is 0. The van der Waals surface area contributed by atoms with Crippen molar-refractivity contribution in [3.8, 4) is 0 Å². The van der Waals surface area contributed by atoms with Gasteiger partial charge in [0.25, 0.3) is 0 Å². The van der Waals surface area contributed by atoms with E-state index < -0.39 is 0 Å². The molecule has 1 fully saturated rings. The summed E-state index contributed by atoms with van der Waals surface area (Å²) < 4.78 is 0. The van der Waals surface area contributed by atoms with Crippen molar-refractivity contribution in [3.63, 3.8) is 0 Å². The van der Waals surface area contributed by atoms with Gasteiger partial charge < -0.3 is 20.4 Å². The molecule has 0 saturated carbocycles. The molecule has 0 aromatic carbocycles. The molecule has 0 radical (unpaired) electrons. The number of amides is 2. The van der Waals surface area contributed by atoms with Gasteiger partial charge in [0.05, 0.1) is 0 Å². The second kappa shape index (κ2) is 5.92. The lowest BCUT2D eigenvalue weighted by atomic mass is 10.4.